The van der Waals surface area contributed by atoms with E-state index in [-0.39, 0.29) is 11.5 Å². The lowest BCUT2D eigenvalue weighted by Crippen LogP contribution is -2.13. The fraction of sp³-hybridized carbons (Fsp3) is 0.0769. The van der Waals surface area contributed by atoms with Gasteiger partial charge in [-0.3, -0.25) is 14.7 Å². The minimum Gasteiger partial charge on any atom is -0.384 e. The molecule has 0 aliphatic heterocycles. The Morgan fingerprint density at radius 3 is 2.80 bits per heavy atom. The van der Waals surface area contributed by atoms with Gasteiger partial charge < -0.3 is 5.11 Å². The van der Waals surface area contributed by atoms with Crippen LogP contribution in [-0.4, -0.2) is 30.1 Å². The van der Waals surface area contributed by atoms with E-state index in [0.717, 1.165) is 0 Å². The van der Waals surface area contributed by atoms with Gasteiger partial charge in [0.25, 0.3) is 10.0 Å². The standard InChI is InChI=1S/C13H11N3O3S/c17-6-2-3-11-7-13(10-15-8-11)20(18,19)16-12-4-1-5-14-9-12/h1,4-5,7-10,16-17H,6H2. The zero-order chi connectivity index (χ0) is 14.4. The van der Waals surface area contributed by atoms with Crippen molar-refractivity contribution in [1.82, 2.24) is 9.97 Å². The van der Waals surface area contributed by atoms with E-state index in [0.29, 0.717) is 11.3 Å². The van der Waals surface area contributed by atoms with Crippen LogP contribution < -0.4 is 4.72 Å². The molecule has 0 radical (unpaired) electrons. The number of hydrogen-bond donors (Lipinski definition) is 2. The van der Waals surface area contributed by atoms with E-state index in [9.17, 15) is 8.42 Å². The van der Waals surface area contributed by atoms with Crippen molar-refractivity contribution in [3.8, 4) is 11.8 Å². The molecule has 0 saturated heterocycles. The minimum absolute atomic E-state index is 0.00825. The molecule has 0 atom stereocenters. The monoisotopic (exact) mass is 289 g/mol. The number of hydrogen-bond acceptors (Lipinski definition) is 5. The van der Waals surface area contributed by atoms with Crippen LogP contribution in [-0.2, 0) is 10.0 Å². The summed E-state index contributed by atoms with van der Waals surface area (Å²) in [5.74, 6) is 5.04. The highest BCUT2D eigenvalue weighted by Crippen LogP contribution is 2.14. The Kier molecular flexibility index (Phi) is 4.30. The van der Waals surface area contributed by atoms with Crippen LogP contribution in [0, 0.1) is 11.8 Å². The Labute approximate surface area is 116 Å². The molecule has 2 aromatic heterocycles. The van der Waals surface area contributed by atoms with E-state index in [2.05, 4.69) is 26.5 Å². The van der Waals surface area contributed by atoms with Crippen molar-refractivity contribution in [3.05, 3.63) is 48.5 Å². The minimum atomic E-state index is -3.74. The highest BCUT2D eigenvalue weighted by molar-refractivity contribution is 7.92. The Balaban J connectivity index is 2.30. The molecule has 0 fully saturated rings. The number of pyridine rings is 2. The molecular formula is C13H11N3O3S. The lowest BCUT2D eigenvalue weighted by molar-refractivity contribution is 0.350. The van der Waals surface area contributed by atoms with Crippen molar-refractivity contribution in [1.29, 1.82) is 0 Å². The largest absolute Gasteiger partial charge is 0.384 e. The van der Waals surface area contributed by atoms with Crippen molar-refractivity contribution in [2.45, 2.75) is 4.90 Å². The number of anilines is 1. The van der Waals surface area contributed by atoms with E-state index in [1.165, 1.54) is 24.7 Å². The van der Waals surface area contributed by atoms with Crippen molar-refractivity contribution >= 4 is 15.7 Å². The SMILES string of the molecule is O=S(=O)(Nc1cccnc1)c1cncc(C#CCO)c1. The molecule has 0 aromatic carbocycles. The number of aliphatic hydroxyl groups excluding tert-OH is 1. The van der Waals surface area contributed by atoms with Gasteiger partial charge in [0, 0.05) is 24.2 Å². The molecule has 2 heterocycles. The molecule has 2 N–H and O–H groups in total. The third-order valence-electron chi connectivity index (χ3n) is 2.25. The average molecular weight is 289 g/mol. The van der Waals surface area contributed by atoms with Gasteiger partial charge in [0.1, 0.15) is 11.5 Å². The number of nitrogens with one attached hydrogen (secondary N) is 1. The van der Waals surface area contributed by atoms with Crippen LogP contribution >= 0.6 is 0 Å². The number of aliphatic hydroxyl groups is 1. The fourth-order valence-electron chi connectivity index (χ4n) is 1.41. The highest BCUT2D eigenvalue weighted by Gasteiger charge is 2.14. The lowest BCUT2D eigenvalue weighted by Gasteiger charge is -2.07. The van der Waals surface area contributed by atoms with E-state index in [1.54, 1.807) is 18.3 Å². The summed E-state index contributed by atoms with van der Waals surface area (Å²) in [7, 11) is -3.74. The first-order valence-electron chi connectivity index (χ1n) is 5.59. The molecule has 6 nitrogen and oxygen atoms in total. The first kappa shape index (κ1) is 14.0. The molecule has 0 unspecified atom stereocenters. The molecule has 2 aromatic rings. The van der Waals surface area contributed by atoms with Gasteiger partial charge in [-0.25, -0.2) is 8.42 Å². The quantitative estimate of drug-likeness (QED) is 0.808. The molecule has 0 saturated carbocycles. The smallest absolute Gasteiger partial charge is 0.263 e. The maximum atomic E-state index is 12.2. The van der Waals surface area contributed by atoms with Crippen molar-refractivity contribution in [2.24, 2.45) is 0 Å². The lowest BCUT2D eigenvalue weighted by atomic mass is 10.3. The summed E-state index contributed by atoms with van der Waals surface area (Å²) in [4.78, 5) is 7.65. The van der Waals surface area contributed by atoms with E-state index >= 15 is 0 Å². The molecule has 0 spiro atoms. The number of nitrogens with zero attached hydrogens (tertiary/aromatic N) is 2. The molecule has 20 heavy (non-hydrogen) atoms. The van der Waals surface area contributed by atoms with Crippen LogP contribution in [0.3, 0.4) is 0 Å². The van der Waals surface area contributed by atoms with Gasteiger partial charge in [-0.1, -0.05) is 11.8 Å². The Hall–Kier alpha value is -2.43. The summed E-state index contributed by atoms with van der Waals surface area (Å²) >= 11 is 0. The van der Waals surface area contributed by atoms with Gasteiger partial charge >= 0.3 is 0 Å². The summed E-state index contributed by atoms with van der Waals surface area (Å²) in [6.45, 7) is -0.301. The summed E-state index contributed by atoms with van der Waals surface area (Å²) in [6.07, 6.45) is 5.60. The Morgan fingerprint density at radius 2 is 2.10 bits per heavy atom. The molecule has 0 aliphatic rings. The third-order valence-corrected chi connectivity index (χ3v) is 3.60. The van der Waals surface area contributed by atoms with Crippen LogP contribution in [0.1, 0.15) is 5.56 Å². The summed E-state index contributed by atoms with van der Waals surface area (Å²) in [6, 6.07) is 4.60. The second-order valence-corrected chi connectivity index (χ2v) is 5.40. The second-order valence-electron chi connectivity index (χ2n) is 3.72. The van der Waals surface area contributed by atoms with E-state index < -0.39 is 10.0 Å². The van der Waals surface area contributed by atoms with Crippen molar-refractivity contribution in [2.75, 3.05) is 11.3 Å². The zero-order valence-corrected chi connectivity index (χ0v) is 11.1. The molecule has 0 bridgehead atoms. The van der Waals surface area contributed by atoms with Crippen LogP contribution in [0.15, 0.2) is 47.9 Å². The van der Waals surface area contributed by atoms with Gasteiger partial charge in [-0.15, -0.1) is 0 Å². The van der Waals surface area contributed by atoms with E-state index in [1.807, 2.05) is 0 Å². The van der Waals surface area contributed by atoms with Crippen LogP contribution in [0.25, 0.3) is 0 Å². The normalized spacial score (nSPS) is 10.4. The van der Waals surface area contributed by atoms with Crippen LogP contribution in [0.2, 0.25) is 0 Å². The number of rotatable bonds is 3. The zero-order valence-electron chi connectivity index (χ0n) is 10.3. The summed E-state index contributed by atoms with van der Waals surface area (Å²) in [5, 5.41) is 8.62. The Morgan fingerprint density at radius 1 is 1.25 bits per heavy atom. The van der Waals surface area contributed by atoms with Crippen LogP contribution in [0.5, 0.6) is 0 Å². The molecule has 2 rings (SSSR count). The molecule has 0 amide bonds. The first-order chi connectivity index (χ1) is 9.62. The molecule has 7 heteroatoms. The van der Waals surface area contributed by atoms with Gasteiger partial charge in [0.2, 0.25) is 0 Å². The fourth-order valence-corrected chi connectivity index (χ4v) is 2.44. The predicted molar refractivity (Wildman–Crippen MR) is 73.2 cm³/mol. The average Bonchev–Trinajstić information content (AvgIpc) is 2.46. The van der Waals surface area contributed by atoms with Crippen molar-refractivity contribution in [3.63, 3.8) is 0 Å². The van der Waals surface area contributed by atoms with Crippen LogP contribution in [0.4, 0.5) is 5.69 Å². The maximum Gasteiger partial charge on any atom is 0.263 e. The predicted octanol–water partition coefficient (Wildman–Crippen LogP) is 0.621. The maximum absolute atomic E-state index is 12.2. The van der Waals surface area contributed by atoms with E-state index in [4.69, 9.17) is 5.11 Å². The molecule has 102 valence electrons. The third kappa shape index (κ3) is 3.54. The number of aromatic nitrogens is 2. The van der Waals surface area contributed by atoms with Gasteiger partial charge in [-0.05, 0) is 18.2 Å². The highest BCUT2D eigenvalue weighted by atomic mass is 32.2. The summed E-state index contributed by atoms with van der Waals surface area (Å²) < 4.78 is 26.7. The number of sulfonamides is 1. The molecule has 0 aliphatic carbocycles. The van der Waals surface area contributed by atoms with Gasteiger partial charge in [0.05, 0.1) is 11.9 Å². The second kappa shape index (κ2) is 6.14. The Bertz CT molecular complexity index is 749. The summed E-state index contributed by atoms with van der Waals surface area (Å²) in [5.41, 5.74) is 0.771. The van der Waals surface area contributed by atoms with Gasteiger partial charge in [-0.2, -0.15) is 0 Å². The van der Waals surface area contributed by atoms with Gasteiger partial charge in [0.15, 0.2) is 0 Å². The van der Waals surface area contributed by atoms with Crippen molar-refractivity contribution < 1.29 is 13.5 Å². The molecular weight excluding hydrogens is 278 g/mol. The first-order valence-corrected chi connectivity index (χ1v) is 7.08. The topological polar surface area (TPSA) is 92.2 Å².